The van der Waals surface area contributed by atoms with E-state index >= 15 is 0 Å². The Morgan fingerprint density at radius 2 is 1.81 bits per heavy atom. The third kappa shape index (κ3) is 4.37. The molecular formula is C17H19N3O5S. The topological polar surface area (TPSA) is 102 Å². The van der Waals surface area contributed by atoms with E-state index in [2.05, 4.69) is 9.62 Å². The predicted molar refractivity (Wildman–Crippen MR) is 96.6 cm³/mol. The average molecular weight is 377 g/mol. The number of nitrogens with zero attached hydrogens (tertiary/aromatic N) is 2. The molecule has 1 N–H and O–H groups in total. The highest BCUT2D eigenvalue weighted by molar-refractivity contribution is 7.89. The van der Waals surface area contributed by atoms with Crippen LogP contribution >= 0.6 is 0 Å². The van der Waals surface area contributed by atoms with E-state index in [1.807, 2.05) is 24.3 Å². The molecule has 8 nitrogen and oxygen atoms in total. The molecular weight excluding hydrogens is 358 g/mol. The third-order valence-corrected chi connectivity index (χ3v) is 5.52. The van der Waals surface area contributed by atoms with Crippen LogP contribution in [-0.2, 0) is 21.3 Å². The summed E-state index contributed by atoms with van der Waals surface area (Å²) in [5.41, 5.74) is 1.61. The average Bonchev–Trinajstić information content (AvgIpc) is 2.68. The van der Waals surface area contributed by atoms with Crippen LogP contribution in [0.1, 0.15) is 5.56 Å². The Morgan fingerprint density at radius 3 is 2.46 bits per heavy atom. The molecule has 26 heavy (non-hydrogen) atoms. The number of nitro benzene ring substituents is 1. The summed E-state index contributed by atoms with van der Waals surface area (Å²) < 4.78 is 32.5. The molecule has 0 aromatic heterocycles. The summed E-state index contributed by atoms with van der Waals surface area (Å²) in [6, 6.07) is 12.6. The first kappa shape index (κ1) is 18.3. The number of nitro groups is 1. The Hall–Kier alpha value is -2.49. The molecule has 0 spiro atoms. The summed E-state index contributed by atoms with van der Waals surface area (Å²) in [6.07, 6.45) is 0. The van der Waals surface area contributed by atoms with Gasteiger partial charge < -0.3 is 9.64 Å². The molecule has 0 aliphatic carbocycles. The van der Waals surface area contributed by atoms with Crippen molar-refractivity contribution in [3.05, 3.63) is 64.2 Å². The van der Waals surface area contributed by atoms with Crippen molar-refractivity contribution in [2.75, 3.05) is 31.2 Å². The molecule has 9 heteroatoms. The number of benzene rings is 2. The zero-order valence-corrected chi connectivity index (χ0v) is 14.8. The summed E-state index contributed by atoms with van der Waals surface area (Å²) in [4.78, 5) is 12.3. The lowest BCUT2D eigenvalue weighted by Crippen LogP contribution is -2.36. The summed E-state index contributed by atoms with van der Waals surface area (Å²) in [6.45, 7) is 3.17. The number of morpholine rings is 1. The molecule has 1 aliphatic heterocycles. The molecule has 2 aromatic carbocycles. The summed E-state index contributed by atoms with van der Waals surface area (Å²) in [5.74, 6) is 0. The normalized spacial score (nSPS) is 15.0. The van der Waals surface area contributed by atoms with E-state index < -0.39 is 14.9 Å². The molecule has 138 valence electrons. The van der Waals surface area contributed by atoms with Gasteiger partial charge in [-0.05, 0) is 23.8 Å². The van der Waals surface area contributed by atoms with Crippen molar-refractivity contribution in [1.29, 1.82) is 0 Å². The largest absolute Gasteiger partial charge is 0.378 e. The Bertz CT molecular complexity index is 878. The first-order valence-corrected chi connectivity index (χ1v) is 9.60. The third-order valence-electron chi connectivity index (χ3n) is 4.12. The van der Waals surface area contributed by atoms with Crippen molar-refractivity contribution in [1.82, 2.24) is 4.72 Å². The van der Waals surface area contributed by atoms with Gasteiger partial charge in [0, 0.05) is 37.5 Å². The van der Waals surface area contributed by atoms with Gasteiger partial charge in [0.15, 0.2) is 0 Å². The minimum absolute atomic E-state index is 0.106. The molecule has 0 bridgehead atoms. The number of non-ortho nitro benzene ring substituents is 1. The van der Waals surface area contributed by atoms with Crippen molar-refractivity contribution >= 4 is 21.4 Å². The summed E-state index contributed by atoms with van der Waals surface area (Å²) in [7, 11) is -3.83. The molecule has 0 atom stereocenters. The standard InChI is InChI=1S/C17H19N3O5S/c21-20(22)16-2-1-3-17(12-16)26(23,24)18-13-14-4-6-15(7-5-14)19-8-10-25-11-9-19/h1-7,12,18H,8-11,13H2. The van der Waals surface area contributed by atoms with Crippen LogP contribution in [0.5, 0.6) is 0 Å². The van der Waals surface area contributed by atoms with E-state index in [-0.39, 0.29) is 17.1 Å². The first-order chi connectivity index (χ1) is 12.5. The molecule has 0 amide bonds. The number of ether oxygens (including phenoxy) is 1. The zero-order valence-electron chi connectivity index (χ0n) is 14.0. The molecule has 1 heterocycles. The van der Waals surface area contributed by atoms with Crippen LogP contribution in [0, 0.1) is 10.1 Å². The second-order valence-corrected chi connectivity index (χ2v) is 7.61. The van der Waals surface area contributed by atoms with E-state index in [4.69, 9.17) is 4.74 Å². The minimum Gasteiger partial charge on any atom is -0.378 e. The lowest BCUT2D eigenvalue weighted by Gasteiger charge is -2.28. The molecule has 2 aromatic rings. The number of nitrogens with one attached hydrogen (secondary N) is 1. The maximum absolute atomic E-state index is 12.3. The van der Waals surface area contributed by atoms with Crippen LogP contribution in [0.2, 0.25) is 0 Å². The highest BCUT2D eigenvalue weighted by Crippen LogP contribution is 2.19. The number of hydrogen-bond donors (Lipinski definition) is 1. The summed E-state index contributed by atoms with van der Waals surface area (Å²) >= 11 is 0. The molecule has 1 fully saturated rings. The van der Waals surface area contributed by atoms with Gasteiger partial charge in [-0.25, -0.2) is 13.1 Å². The molecule has 1 saturated heterocycles. The monoisotopic (exact) mass is 377 g/mol. The Balaban J connectivity index is 1.66. The predicted octanol–water partition coefficient (Wildman–Crippen LogP) is 1.91. The SMILES string of the molecule is O=[N+]([O-])c1cccc(S(=O)(=O)NCc2ccc(N3CCOCC3)cc2)c1. The van der Waals surface area contributed by atoms with E-state index in [0.717, 1.165) is 30.4 Å². The lowest BCUT2D eigenvalue weighted by atomic mass is 10.2. The highest BCUT2D eigenvalue weighted by atomic mass is 32.2. The number of anilines is 1. The van der Waals surface area contributed by atoms with E-state index in [0.29, 0.717) is 13.2 Å². The number of rotatable bonds is 6. The molecule has 0 saturated carbocycles. The molecule has 0 unspecified atom stereocenters. The van der Waals surface area contributed by atoms with Crippen LogP contribution in [0.15, 0.2) is 53.4 Å². The van der Waals surface area contributed by atoms with Crippen LogP contribution in [-0.4, -0.2) is 39.6 Å². The van der Waals surface area contributed by atoms with Crippen molar-refractivity contribution in [3.63, 3.8) is 0 Å². The first-order valence-electron chi connectivity index (χ1n) is 8.11. The van der Waals surface area contributed by atoms with Crippen LogP contribution in [0.4, 0.5) is 11.4 Å². The van der Waals surface area contributed by atoms with Gasteiger partial charge >= 0.3 is 0 Å². The molecule has 0 radical (unpaired) electrons. The van der Waals surface area contributed by atoms with E-state index in [9.17, 15) is 18.5 Å². The zero-order chi connectivity index (χ0) is 18.6. The van der Waals surface area contributed by atoms with Gasteiger partial charge in [-0.2, -0.15) is 0 Å². The fourth-order valence-corrected chi connectivity index (χ4v) is 3.73. The van der Waals surface area contributed by atoms with Crippen molar-refractivity contribution in [3.8, 4) is 0 Å². The number of hydrogen-bond acceptors (Lipinski definition) is 6. The van der Waals surface area contributed by atoms with Gasteiger partial charge in [0.05, 0.1) is 23.0 Å². The maximum Gasteiger partial charge on any atom is 0.270 e. The quantitative estimate of drug-likeness (QED) is 0.609. The van der Waals surface area contributed by atoms with Crippen LogP contribution in [0.3, 0.4) is 0 Å². The summed E-state index contributed by atoms with van der Waals surface area (Å²) in [5, 5.41) is 10.8. The number of sulfonamides is 1. The lowest BCUT2D eigenvalue weighted by molar-refractivity contribution is -0.385. The fourth-order valence-electron chi connectivity index (χ4n) is 2.67. The second-order valence-electron chi connectivity index (χ2n) is 5.84. The minimum atomic E-state index is -3.83. The Labute approximate surface area is 151 Å². The van der Waals surface area contributed by atoms with Gasteiger partial charge in [0.1, 0.15) is 0 Å². The maximum atomic E-state index is 12.3. The van der Waals surface area contributed by atoms with Crippen molar-refractivity contribution in [2.24, 2.45) is 0 Å². The van der Waals surface area contributed by atoms with Gasteiger partial charge in [0.25, 0.3) is 5.69 Å². The van der Waals surface area contributed by atoms with Crippen LogP contribution in [0.25, 0.3) is 0 Å². The fraction of sp³-hybridized carbons (Fsp3) is 0.294. The van der Waals surface area contributed by atoms with E-state index in [1.165, 1.54) is 18.2 Å². The smallest absolute Gasteiger partial charge is 0.270 e. The van der Waals surface area contributed by atoms with E-state index in [1.54, 1.807) is 0 Å². The molecule has 1 aliphatic rings. The van der Waals surface area contributed by atoms with Crippen LogP contribution < -0.4 is 9.62 Å². The van der Waals surface area contributed by atoms with Gasteiger partial charge in [0.2, 0.25) is 10.0 Å². The van der Waals surface area contributed by atoms with Gasteiger partial charge in [-0.1, -0.05) is 18.2 Å². The van der Waals surface area contributed by atoms with Gasteiger partial charge in [-0.15, -0.1) is 0 Å². The Kier molecular flexibility index (Phi) is 5.50. The highest BCUT2D eigenvalue weighted by Gasteiger charge is 2.17. The van der Waals surface area contributed by atoms with Crippen molar-refractivity contribution < 1.29 is 18.1 Å². The van der Waals surface area contributed by atoms with Crippen molar-refractivity contribution in [2.45, 2.75) is 11.4 Å². The molecule has 3 rings (SSSR count). The van der Waals surface area contributed by atoms with Gasteiger partial charge in [-0.3, -0.25) is 10.1 Å². The second kappa shape index (κ2) is 7.81. The Morgan fingerprint density at radius 1 is 1.12 bits per heavy atom.